The second-order valence-electron chi connectivity index (χ2n) is 7.51. The highest BCUT2D eigenvalue weighted by molar-refractivity contribution is 5.10. The van der Waals surface area contributed by atoms with E-state index < -0.39 is 0 Å². The van der Waals surface area contributed by atoms with Gasteiger partial charge < -0.3 is 9.64 Å². The number of hydrogen-bond acceptors (Lipinski definition) is 5. The van der Waals surface area contributed by atoms with Crippen LogP contribution in [0.25, 0.3) is 0 Å². The molecule has 0 atom stereocenters. The lowest BCUT2D eigenvalue weighted by Gasteiger charge is -2.34. The first-order valence-electron chi connectivity index (χ1n) is 10.1. The highest BCUT2D eigenvalue weighted by Crippen LogP contribution is 2.20. The van der Waals surface area contributed by atoms with E-state index in [1.807, 2.05) is 23.3 Å². The molecule has 0 radical (unpaired) electrons. The van der Waals surface area contributed by atoms with Gasteiger partial charge in [0.1, 0.15) is 0 Å². The zero-order valence-corrected chi connectivity index (χ0v) is 16.8. The molecule has 1 aliphatic heterocycles. The third kappa shape index (κ3) is 6.41. The van der Waals surface area contributed by atoms with Crippen LogP contribution in [0.3, 0.4) is 0 Å². The monoisotopic (exact) mass is 371 g/mol. The van der Waals surface area contributed by atoms with Gasteiger partial charge in [-0.1, -0.05) is 0 Å². The van der Waals surface area contributed by atoms with Crippen molar-refractivity contribution >= 4 is 0 Å². The van der Waals surface area contributed by atoms with Gasteiger partial charge in [0.15, 0.2) is 0 Å². The average molecular weight is 372 g/mol. The van der Waals surface area contributed by atoms with Gasteiger partial charge in [0.2, 0.25) is 0 Å². The number of piperidine rings is 1. The molecule has 0 spiro atoms. The van der Waals surface area contributed by atoms with E-state index in [2.05, 4.69) is 45.1 Å². The van der Waals surface area contributed by atoms with Gasteiger partial charge in [-0.3, -0.25) is 14.6 Å². The summed E-state index contributed by atoms with van der Waals surface area (Å²) in [7, 11) is 1.78. The average Bonchev–Trinajstić information content (AvgIpc) is 3.16. The van der Waals surface area contributed by atoms with Crippen molar-refractivity contribution in [3.63, 3.8) is 0 Å². The molecule has 2 aromatic rings. The third-order valence-electron chi connectivity index (χ3n) is 5.41. The molecule has 0 bridgehead atoms. The zero-order valence-electron chi connectivity index (χ0n) is 16.8. The largest absolute Gasteiger partial charge is 0.383 e. The van der Waals surface area contributed by atoms with Crippen LogP contribution in [0.4, 0.5) is 0 Å². The fourth-order valence-electron chi connectivity index (χ4n) is 3.83. The molecule has 0 aromatic carbocycles. The Balaban J connectivity index is 1.58. The van der Waals surface area contributed by atoms with Gasteiger partial charge in [-0.25, -0.2) is 0 Å². The van der Waals surface area contributed by atoms with Crippen molar-refractivity contribution in [2.24, 2.45) is 5.92 Å². The van der Waals surface area contributed by atoms with Gasteiger partial charge in [-0.15, -0.1) is 0 Å². The molecule has 2 aromatic heterocycles. The Morgan fingerprint density at radius 1 is 1.15 bits per heavy atom. The minimum Gasteiger partial charge on any atom is -0.383 e. The number of hydrogen-bond donors (Lipinski definition) is 0. The molecule has 0 saturated carbocycles. The zero-order chi connectivity index (χ0) is 18.9. The summed E-state index contributed by atoms with van der Waals surface area (Å²) in [5, 5.41) is 4.44. The summed E-state index contributed by atoms with van der Waals surface area (Å²) < 4.78 is 7.23. The Morgan fingerprint density at radius 2 is 1.89 bits per heavy atom. The number of ether oxygens (including phenoxy) is 1. The maximum atomic E-state index is 5.22. The summed E-state index contributed by atoms with van der Waals surface area (Å²) in [6.07, 6.45) is 10.5. The Labute approximate surface area is 163 Å². The molecule has 3 heterocycles. The van der Waals surface area contributed by atoms with Crippen LogP contribution in [-0.4, -0.2) is 64.5 Å². The SMILES string of the molecule is CCn1cc(CN(Cc2ccncc2)CC2CCN(CCOC)CC2)cn1. The van der Waals surface area contributed by atoms with Gasteiger partial charge >= 0.3 is 0 Å². The molecule has 1 saturated heterocycles. The molecule has 1 fully saturated rings. The van der Waals surface area contributed by atoms with Gasteiger partial charge in [-0.05, 0) is 56.5 Å². The number of methoxy groups -OCH3 is 1. The fraction of sp³-hybridized carbons (Fsp3) is 0.619. The first-order valence-corrected chi connectivity index (χ1v) is 10.1. The molecule has 6 heteroatoms. The Morgan fingerprint density at radius 3 is 2.56 bits per heavy atom. The van der Waals surface area contributed by atoms with Crippen LogP contribution in [0.1, 0.15) is 30.9 Å². The number of pyridine rings is 1. The van der Waals surface area contributed by atoms with Crippen molar-refractivity contribution in [2.75, 3.05) is 39.9 Å². The minimum absolute atomic E-state index is 0.756. The molecule has 0 unspecified atom stereocenters. The fourth-order valence-corrected chi connectivity index (χ4v) is 3.83. The molecule has 3 rings (SSSR count). The van der Waals surface area contributed by atoms with E-state index in [4.69, 9.17) is 4.74 Å². The smallest absolute Gasteiger partial charge is 0.0589 e. The summed E-state index contributed by atoms with van der Waals surface area (Å²) in [6.45, 7) is 10.4. The Hall–Kier alpha value is -1.76. The molecule has 1 aliphatic rings. The lowest BCUT2D eigenvalue weighted by atomic mass is 9.96. The van der Waals surface area contributed by atoms with Crippen LogP contribution in [0.2, 0.25) is 0 Å². The molecule has 148 valence electrons. The topological polar surface area (TPSA) is 46.4 Å². The lowest BCUT2D eigenvalue weighted by molar-refractivity contribution is 0.104. The van der Waals surface area contributed by atoms with Gasteiger partial charge in [-0.2, -0.15) is 5.10 Å². The van der Waals surface area contributed by atoms with Crippen molar-refractivity contribution in [3.8, 4) is 0 Å². The van der Waals surface area contributed by atoms with E-state index >= 15 is 0 Å². The van der Waals surface area contributed by atoms with E-state index in [0.29, 0.717) is 0 Å². The van der Waals surface area contributed by atoms with Gasteiger partial charge in [0, 0.05) is 64.0 Å². The molecular weight excluding hydrogens is 338 g/mol. The van der Waals surface area contributed by atoms with Gasteiger partial charge in [0.25, 0.3) is 0 Å². The molecule has 0 aliphatic carbocycles. The number of nitrogens with zero attached hydrogens (tertiary/aromatic N) is 5. The lowest BCUT2D eigenvalue weighted by Crippen LogP contribution is -2.39. The number of aromatic nitrogens is 3. The number of aryl methyl sites for hydroxylation is 1. The van der Waals surface area contributed by atoms with Crippen LogP contribution in [-0.2, 0) is 24.4 Å². The Bertz CT molecular complexity index is 652. The highest BCUT2D eigenvalue weighted by atomic mass is 16.5. The predicted octanol–water partition coefficient (Wildman–Crippen LogP) is 2.66. The molecule has 0 amide bonds. The van der Waals surface area contributed by atoms with Gasteiger partial charge in [0.05, 0.1) is 12.8 Å². The number of likely N-dealkylation sites (tertiary alicyclic amines) is 1. The first kappa shape index (κ1) is 20.0. The summed E-state index contributed by atoms with van der Waals surface area (Å²) in [5.74, 6) is 0.756. The molecule has 6 nitrogen and oxygen atoms in total. The van der Waals surface area contributed by atoms with E-state index in [1.165, 1.54) is 37.1 Å². The summed E-state index contributed by atoms with van der Waals surface area (Å²) in [5.41, 5.74) is 2.62. The quantitative estimate of drug-likeness (QED) is 0.643. The normalized spacial score (nSPS) is 16.3. The number of rotatable bonds is 10. The summed E-state index contributed by atoms with van der Waals surface area (Å²) in [6, 6.07) is 4.24. The summed E-state index contributed by atoms with van der Waals surface area (Å²) in [4.78, 5) is 9.25. The van der Waals surface area contributed by atoms with Crippen molar-refractivity contribution in [1.29, 1.82) is 0 Å². The van der Waals surface area contributed by atoms with Crippen LogP contribution in [0, 0.1) is 5.92 Å². The van der Waals surface area contributed by atoms with Crippen molar-refractivity contribution < 1.29 is 4.74 Å². The Kier molecular flexibility index (Phi) is 7.80. The van der Waals surface area contributed by atoms with E-state index in [-0.39, 0.29) is 0 Å². The standard InChI is InChI=1S/C21H33N5O/c1-3-26-18-21(14-23-26)17-25(15-19-4-8-22-9-5-19)16-20-6-10-24(11-7-20)12-13-27-2/h4-5,8-9,14,18,20H,3,6-7,10-13,15-17H2,1-2H3. The summed E-state index contributed by atoms with van der Waals surface area (Å²) >= 11 is 0. The van der Waals surface area contributed by atoms with E-state index in [1.54, 1.807) is 7.11 Å². The van der Waals surface area contributed by atoms with Crippen LogP contribution in [0.15, 0.2) is 36.9 Å². The van der Waals surface area contributed by atoms with Crippen molar-refractivity contribution in [2.45, 2.75) is 39.4 Å². The molecule has 27 heavy (non-hydrogen) atoms. The van der Waals surface area contributed by atoms with Crippen molar-refractivity contribution in [1.82, 2.24) is 24.6 Å². The maximum absolute atomic E-state index is 5.22. The van der Waals surface area contributed by atoms with E-state index in [9.17, 15) is 0 Å². The van der Waals surface area contributed by atoms with E-state index in [0.717, 1.165) is 45.2 Å². The minimum atomic E-state index is 0.756. The van der Waals surface area contributed by atoms with Crippen LogP contribution >= 0.6 is 0 Å². The second kappa shape index (κ2) is 10.5. The van der Waals surface area contributed by atoms with Crippen LogP contribution in [0.5, 0.6) is 0 Å². The predicted molar refractivity (Wildman–Crippen MR) is 107 cm³/mol. The van der Waals surface area contributed by atoms with Crippen LogP contribution < -0.4 is 0 Å². The molecular formula is C21H33N5O. The third-order valence-corrected chi connectivity index (χ3v) is 5.41. The first-order chi connectivity index (χ1) is 13.3. The van der Waals surface area contributed by atoms with Crippen molar-refractivity contribution in [3.05, 3.63) is 48.0 Å². The second-order valence-corrected chi connectivity index (χ2v) is 7.51. The molecule has 0 N–H and O–H groups in total. The highest BCUT2D eigenvalue weighted by Gasteiger charge is 2.21. The maximum Gasteiger partial charge on any atom is 0.0589 e.